The molecule has 19 heavy (non-hydrogen) atoms. The standard InChI is InChI=1S/C12H10BrN5S/c1-7(16)12(10-2-3-11(13)19-10)18-6-17-8(4-14)9(18)5-15/h2-3,6-7,12H,16H2,1H3. The SMILES string of the molecule is CC(N)C(c1ccc(Br)s1)n1cnc(C#N)c1C#N. The van der Waals surface area contributed by atoms with Crippen LogP contribution in [0.1, 0.15) is 29.2 Å². The van der Waals surface area contributed by atoms with E-state index in [1.165, 1.54) is 6.33 Å². The van der Waals surface area contributed by atoms with E-state index in [0.717, 1.165) is 8.66 Å². The molecule has 0 fully saturated rings. The number of nitrogens with zero attached hydrogens (tertiary/aromatic N) is 4. The highest BCUT2D eigenvalue weighted by atomic mass is 79.9. The minimum absolute atomic E-state index is 0.128. The molecule has 0 spiro atoms. The van der Waals surface area contributed by atoms with E-state index in [0.29, 0.717) is 0 Å². The van der Waals surface area contributed by atoms with Gasteiger partial charge in [0.15, 0.2) is 11.4 Å². The Morgan fingerprint density at radius 3 is 2.63 bits per heavy atom. The molecule has 2 aromatic rings. The Morgan fingerprint density at radius 2 is 2.16 bits per heavy atom. The first kappa shape index (κ1) is 13.8. The molecule has 0 saturated heterocycles. The molecule has 2 unspecified atom stereocenters. The average molecular weight is 336 g/mol. The van der Waals surface area contributed by atoms with Gasteiger partial charge in [0.2, 0.25) is 0 Å². The number of nitriles is 2. The van der Waals surface area contributed by atoms with Crippen LogP contribution >= 0.6 is 27.3 Å². The maximum Gasteiger partial charge on any atom is 0.176 e. The van der Waals surface area contributed by atoms with Crippen LogP contribution in [0.15, 0.2) is 22.2 Å². The highest BCUT2D eigenvalue weighted by Crippen LogP contribution is 2.32. The summed E-state index contributed by atoms with van der Waals surface area (Å²) in [7, 11) is 0. The van der Waals surface area contributed by atoms with Gasteiger partial charge in [0, 0.05) is 10.9 Å². The van der Waals surface area contributed by atoms with Crippen LogP contribution in [0.3, 0.4) is 0 Å². The zero-order valence-corrected chi connectivity index (χ0v) is 12.4. The van der Waals surface area contributed by atoms with Crippen LogP contribution in [-0.4, -0.2) is 15.6 Å². The third-order valence-corrected chi connectivity index (χ3v) is 4.38. The second kappa shape index (κ2) is 5.54. The van der Waals surface area contributed by atoms with Crippen LogP contribution in [0.4, 0.5) is 0 Å². The van der Waals surface area contributed by atoms with Crippen LogP contribution in [0, 0.1) is 22.7 Å². The third kappa shape index (κ3) is 2.54. The molecular weight excluding hydrogens is 326 g/mol. The summed E-state index contributed by atoms with van der Waals surface area (Å²) in [6.45, 7) is 1.87. The van der Waals surface area contributed by atoms with Crippen molar-refractivity contribution in [1.29, 1.82) is 10.5 Å². The van der Waals surface area contributed by atoms with E-state index in [1.54, 1.807) is 15.9 Å². The molecule has 0 amide bonds. The van der Waals surface area contributed by atoms with Crippen LogP contribution in [0.2, 0.25) is 0 Å². The van der Waals surface area contributed by atoms with Crippen molar-refractivity contribution in [3.05, 3.63) is 38.5 Å². The zero-order valence-electron chi connectivity index (χ0n) is 10.0. The maximum absolute atomic E-state index is 9.19. The summed E-state index contributed by atoms with van der Waals surface area (Å²) < 4.78 is 2.66. The van der Waals surface area contributed by atoms with Crippen molar-refractivity contribution in [2.45, 2.75) is 19.0 Å². The summed E-state index contributed by atoms with van der Waals surface area (Å²) >= 11 is 4.96. The highest BCUT2D eigenvalue weighted by Gasteiger charge is 2.24. The smallest absolute Gasteiger partial charge is 0.176 e. The summed E-state index contributed by atoms with van der Waals surface area (Å²) in [6, 6.07) is 7.41. The van der Waals surface area contributed by atoms with Gasteiger partial charge in [-0.25, -0.2) is 4.98 Å². The molecule has 5 nitrogen and oxygen atoms in total. The van der Waals surface area contributed by atoms with E-state index in [1.807, 2.05) is 31.2 Å². The van der Waals surface area contributed by atoms with E-state index < -0.39 is 0 Å². The fourth-order valence-corrected chi connectivity index (χ4v) is 3.54. The second-order valence-corrected chi connectivity index (χ2v) is 6.51. The van der Waals surface area contributed by atoms with E-state index >= 15 is 0 Å². The quantitative estimate of drug-likeness (QED) is 0.931. The summed E-state index contributed by atoms with van der Waals surface area (Å²) in [5.41, 5.74) is 6.41. The Labute approximate surface area is 123 Å². The Hall–Kier alpha value is -1.67. The number of rotatable bonds is 3. The van der Waals surface area contributed by atoms with Crippen molar-refractivity contribution < 1.29 is 0 Å². The van der Waals surface area contributed by atoms with Gasteiger partial charge >= 0.3 is 0 Å². The van der Waals surface area contributed by atoms with E-state index in [4.69, 9.17) is 11.0 Å². The second-order valence-electron chi connectivity index (χ2n) is 4.02. The first-order valence-corrected chi connectivity index (χ1v) is 7.07. The number of hydrogen-bond acceptors (Lipinski definition) is 5. The van der Waals surface area contributed by atoms with Crippen LogP contribution in [0.5, 0.6) is 0 Å². The first-order chi connectivity index (χ1) is 9.08. The highest BCUT2D eigenvalue weighted by molar-refractivity contribution is 9.11. The molecule has 2 N–H and O–H groups in total. The van der Waals surface area contributed by atoms with Gasteiger partial charge in [0.05, 0.1) is 16.2 Å². The Kier molecular flexibility index (Phi) is 4.01. The molecule has 2 aromatic heterocycles. The van der Waals surface area contributed by atoms with Crippen molar-refractivity contribution in [1.82, 2.24) is 9.55 Å². The Bertz CT molecular complexity index is 673. The maximum atomic E-state index is 9.19. The van der Waals surface area contributed by atoms with Crippen LogP contribution < -0.4 is 5.73 Å². The Balaban J connectivity index is 2.56. The van der Waals surface area contributed by atoms with Gasteiger partial charge in [0.25, 0.3) is 0 Å². The molecule has 0 bridgehead atoms. The normalized spacial score (nSPS) is 13.5. The molecule has 0 radical (unpaired) electrons. The summed E-state index contributed by atoms with van der Waals surface area (Å²) in [4.78, 5) is 4.97. The largest absolute Gasteiger partial charge is 0.326 e. The fraction of sp³-hybridized carbons (Fsp3) is 0.250. The molecule has 96 valence electrons. The lowest BCUT2D eigenvalue weighted by Gasteiger charge is -2.21. The molecule has 0 aromatic carbocycles. The number of halogens is 1. The summed E-state index contributed by atoms with van der Waals surface area (Å²) in [6.07, 6.45) is 1.50. The van der Waals surface area contributed by atoms with Crippen molar-refractivity contribution >= 4 is 27.3 Å². The van der Waals surface area contributed by atoms with Crippen LogP contribution in [0.25, 0.3) is 0 Å². The predicted molar refractivity (Wildman–Crippen MR) is 75.5 cm³/mol. The monoisotopic (exact) mass is 335 g/mol. The molecular formula is C12H10BrN5S. The average Bonchev–Trinajstić information content (AvgIpc) is 2.96. The lowest BCUT2D eigenvalue weighted by Crippen LogP contribution is -2.30. The van der Waals surface area contributed by atoms with Gasteiger partial charge < -0.3 is 10.3 Å². The van der Waals surface area contributed by atoms with Gasteiger partial charge in [-0.05, 0) is 35.0 Å². The lowest BCUT2D eigenvalue weighted by atomic mass is 10.1. The molecule has 0 aliphatic heterocycles. The van der Waals surface area contributed by atoms with E-state index in [2.05, 4.69) is 20.9 Å². The van der Waals surface area contributed by atoms with Crippen molar-refractivity contribution in [3.63, 3.8) is 0 Å². The predicted octanol–water partition coefficient (Wildman–Crippen LogP) is 2.39. The number of aromatic nitrogens is 2. The zero-order chi connectivity index (χ0) is 14.0. The molecule has 0 saturated carbocycles. The number of thiophene rings is 1. The fourth-order valence-electron chi connectivity index (χ4n) is 1.90. The minimum Gasteiger partial charge on any atom is -0.326 e. The van der Waals surface area contributed by atoms with E-state index in [9.17, 15) is 5.26 Å². The first-order valence-electron chi connectivity index (χ1n) is 5.46. The van der Waals surface area contributed by atoms with Gasteiger partial charge in [-0.15, -0.1) is 11.3 Å². The van der Waals surface area contributed by atoms with Crippen LogP contribution in [-0.2, 0) is 0 Å². The molecule has 7 heteroatoms. The number of imidazole rings is 1. The summed E-state index contributed by atoms with van der Waals surface area (Å²) in [5.74, 6) is 0. The summed E-state index contributed by atoms with van der Waals surface area (Å²) in [5, 5.41) is 18.1. The Morgan fingerprint density at radius 1 is 1.42 bits per heavy atom. The van der Waals surface area contributed by atoms with Crippen molar-refractivity contribution in [3.8, 4) is 12.1 Å². The number of hydrogen-bond donors (Lipinski definition) is 1. The molecule has 2 atom stereocenters. The van der Waals surface area contributed by atoms with E-state index in [-0.39, 0.29) is 23.5 Å². The topological polar surface area (TPSA) is 91.4 Å². The van der Waals surface area contributed by atoms with Crippen molar-refractivity contribution in [2.75, 3.05) is 0 Å². The third-order valence-electron chi connectivity index (χ3n) is 2.69. The molecule has 2 heterocycles. The van der Waals surface area contributed by atoms with Gasteiger partial charge in [-0.1, -0.05) is 0 Å². The van der Waals surface area contributed by atoms with Gasteiger partial charge in [0.1, 0.15) is 12.1 Å². The van der Waals surface area contributed by atoms with Gasteiger partial charge in [-0.3, -0.25) is 0 Å². The van der Waals surface area contributed by atoms with Gasteiger partial charge in [-0.2, -0.15) is 10.5 Å². The minimum atomic E-state index is -0.210. The molecule has 0 aliphatic rings. The number of nitrogens with two attached hydrogens (primary N) is 1. The van der Waals surface area contributed by atoms with Crippen molar-refractivity contribution in [2.24, 2.45) is 5.73 Å². The lowest BCUT2D eigenvalue weighted by molar-refractivity contribution is 0.500. The molecule has 0 aliphatic carbocycles. The molecule has 2 rings (SSSR count).